The first-order valence-corrected chi connectivity index (χ1v) is 11.6. The second-order valence-electron chi connectivity index (χ2n) is 10.5. The second kappa shape index (κ2) is 7.09. The van der Waals surface area contributed by atoms with Gasteiger partial charge < -0.3 is 15.2 Å². The molecule has 0 amide bonds. The standard InChI is InChI=1S/C23H28F3N5O2/c1-12(2)31-18(6-17(29-31)13-3-19(21(27)28-7-13)33-23(24,25)26)20-15-4-14(5-16(15)20)30-8-22(9-30)10-32-11-22/h3,6-7,12,14-16,20H,4-5,8-11H2,1-2H3,(H2,27,28)/t14-,15+,16-,20-. The summed E-state index contributed by atoms with van der Waals surface area (Å²) in [5, 5.41) is 4.73. The molecule has 2 aromatic rings. The summed E-state index contributed by atoms with van der Waals surface area (Å²) in [6, 6.07) is 4.08. The molecule has 2 aliphatic carbocycles. The molecule has 7 nitrogen and oxygen atoms in total. The van der Waals surface area contributed by atoms with Gasteiger partial charge in [-0.25, -0.2) is 4.98 Å². The molecule has 2 aliphatic heterocycles. The molecule has 2 N–H and O–H groups in total. The Kier molecular flexibility index (Phi) is 4.56. The van der Waals surface area contributed by atoms with Gasteiger partial charge in [0, 0.05) is 54.0 Å². The van der Waals surface area contributed by atoms with Crippen LogP contribution >= 0.6 is 0 Å². The van der Waals surface area contributed by atoms with E-state index in [4.69, 9.17) is 15.6 Å². The number of fused-ring (bicyclic) bond motifs is 1. The van der Waals surface area contributed by atoms with E-state index in [1.165, 1.54) is 38.2 Å². The Balaban J connectivity index is 1.19. The third kappa shape index (κ3) is 3.58. The van der Waals surface area contributed by atoms with E-state index in [0.29, 0.717) is 40.5 Å². The summed E-state index contributed by atoms with van der Waals surface area (Å²) in [6.45, 7) is 8.31. The van der Waals surface area contributed by atoms with Crippen molar-refractivity contribution in [3.63, 3.8) is 0 Å². The van der Waals surface area contributed by atoms with Gasteiger partial charge in [-0.15, -0.1) is 13.2 Å². The Labute approximate surface area is 190 Å². The molecule has 1 spiro atoms. The highest BCUT2D eigenvalue weighted by atomic mass is 19.4. The normalized spacial score (nSPS) is 30.2. The maximum atomic E-state index is 12.7. The number of alkyl halides is 3. The number of nitrogens with zero attached hydrogens (tertiary/aromatic N) is 4. The highest BCUT2D eigenvalue weighted by Gasteiger charge is 2.61. The molecule has 178 valence electrons. The molecular formula is C23H28F3N5O2. The van der Waals surface area contributed by atoms with Crippen LogP contribution in [0.1, 0.15) is 44.3 Å². The van der Waals surface area contributed by atoms with Crippen LogP contribution in [0.15, 0.2) is 18.3 Å². The number of pyridine rings is 1. The predicted molar refractivity (Wildman–Crippen MR) is 115 cm³/mol. The number of nitrogen functional groups attached to an aromatic ring is 1. The zero-order valence-corrected chi connectivity index (χ0v) is 18.7. The van der Waals surface area contributed by atoms with Crippen molar-refractivity contribution in [2.75, 3.05) is 32.0 Å². The Morgan fingerprint density at radius 1 is 1.18 bits per heavy atom. The third-order valence-electron chi connectivity index (χ3n) is 7.83. The quantitative estimate of drug-likeness (QED) is 0.726. The number of hydrogen-bond acceptors (Lipinski definition) is 6. The summed E-state index contributed by atoms with van der Waals surface area (Å²) >= 11 is 0. The van der Waals surface area contributed by atoms with Crippen molar-refractivity contribution < 1.29 is 22.6 Å². The lowest BCUT2D eigenvalue weighted by Gasteiger charge is -2.57. The molecule has 33 heavy (non-hydrogen) atoms. The molecule has 0 unspecified atom stereocenters. The van der Waals surface area contributed by atoms with Crippen LogP contribution in [0.4, 0.5) is 19.0 Å². The van der Waals surface area contributed by atoms with Crippen LogP contribution in [0, 0.1) is 17.3 Å². The summed E-state index contributed by atoms with van der Waals surface area (Å²) in [5.41, 5.74) is 8.25. The van der Waals surface area contributed by atoms with Gasteiger partial charge in [-0.3, -0.25) is 9.58 Å². The zero-order valence-electron chi connectivity index (χ0n) is 18.7. The fraction of sp³-hybridized carbons (Fsp3) is 0.652. The van der Waals surface area contributed by atoms with Gasteiger partial charge in [0.2, 0.25) is 0 Å². The number of hydrogen-bond donors (Lipinski definition) is 1. The van der Waals surface area contributed by atoms with Crippen LogP contribution in [0.2, 0.25) is 0 Å². The van der Waals surface area contributed by atoms with E-state index in [1.54, 1.807) is 0 Å². The van der Waals surface area contributed by atoms with Gasteiger partial charge in [-0.2, -0.15) is 5.10 Å². The predicted octanol–water partition coefficient (Wildman–Crippen LogP) is 3.83. The van der Waals surface area contributed by atoms with E-state index in [1.807, 2.05) is 10.7 Å². The van der Waals surface area contributed by atoms with Crippen LogP contribution in [0.5, 0.6) is 5.75 Å². The van der Waals surface area contributed by atoms with E-state index in [9.17, 15) is 13.2 Å². The number of anilines is 1. The van der Waals surface area contributed by atoms with Crippen LogP contribution in [-0.2, 0) is 4.74 Å². The topological polar surface area (TPSA) is 78.4 Å². The largest absolute Gasteiger partial charge is 0.573 e. The molecule has 0 bridgehead atoms. The highest BCUT2D eigenvalue weighted by Crippen LogP contribution is 2.65. The maximum absolute atomic E-state index is 12.7. The van der Waals surface area contributed by atoms with Gasteiger partial charge in [-0.1, -0.05) is 0 Å². The second-order valence-corrected chi connectivity index (χ2v) is 10.5. The molecule has 4 heterocycles. The Morgan fingerprint density at radius 3 is 2.45 bits per heavy atom. The highest BCUT2D eigenvalue weighted by molar-refractivity contribution is 5.64. The first kappa shape index (κ1) is 21.2. The van der Waals surface area contributed by atoms with Gasteiger partial charge in [0.15, 0.2) is 11.6 Å². The lowest BCUT2D eigenvalue weighted by atomic mass is 9.76. The lowest BCUT2D eigenvalue weighted by molar-refractivity contribution is -0.274. The van der Waals surface area contributed by atoms with E-state index >= 15 is 0 Å². The Hall–Kier alpha value is -2.33. The molecule has 10 heteroatoms. The summed E-state index contributed by atoms with van der Waals surface area (Å²) in [7, 11) is 0. The number of halogens is 3. The van der Waals surface area contributed by atoms with E-state index < -0.39 is 12.1 Å². The summed E-state index contributed by atoms with van der Waals surface area (Å²) < 4.78 is 49.6. The van der Waals surface area contributed by atoms with Crippen molar-refractivity contribution in [3.05, 3.63) is 24.0 Å². The summed E-state index contributed by atoms with van der Waals surface area (Å²) in [6.07, 6.45) is -0.973. The zero-order chi connectivity index (χ0) is 23.1. The van der Waals surface area contributed by atoms with E-state index in [0.717, 1.165) is 18.9 Å². The average molecular weight is 464 g/mol. The van der Waals surface area contributed by atoms with Crippen LogP contribution < -0.4 is 10.5 Å². The smallest absolute Gasteiger partial charge is 0.402 e. The van der Waals surface area contributed by atoms with Crippen LogP contribution in [0.3, 0.4) is 0 Å². The van der Waals surface area contributed by atoms with Crippen molar-refractivity contribution in [2.45, 2.75) is 51.1 Å². The summed E-state index contributed by atoms with van der Waals surface area (Å²) in [5.74, 6) is 0.958. The number of likely N-dealkylation sites (tertiary alicyclic amines) is 1. The minimum absolute atomic E-state index is 0.146. The van der Waals surface area contributed by atoms with Crippen LogP contribution in [0.25, 0.3) is 11.3 Å². The van der Waals surface area contributed by atoms with Crippen molar-refractivity contribution in [1.29, 1.82) is 0 Å². The fourth-order valence-electron chi connectivity index (χ4n) is 6.21. The average Bonchev–Trinajstić information content (AvgIpc) is 3.03. The van der Waals surface area contributed by atoms with Gasteiger partial charge in [0.1, 0.15) is 0 Å². The first-order valence-electron chi connectivity index (χ1n) is 11.6. The number of rotatable bonds is 5. The molecule has 6 rings (SSSR count). The van der Waals surface area contributed by atoms with Crippen molar-refractivity contribution in [3.8, 4) is 17.0 Å². The van der Waals surface area contributed by atoms with Gasteiger partial charge in [-0.05, 0) is 50.7 Å². The molecule has 4 fully saturated rings. The number of nitrogens with two attached hydrogens (primary N) is 1. The maximum Gasteiger partial charge on any atom is 0.573 e. The molecule has 4 atom stereocenters. The SMILES string of the molecule is CC(C)n1nc(-c2cnc(N)c(OC(F)(F)F)c2)cc1[C@H]1[C@@H]2C[C@H](N3CC4(COC4)C3)C[C@@H]21. The molecular weight excluding hydrogens is 435 g/mol. The van der Waals surface area contributed by atoms with Crippen molar-refractivity contribution in [2.24, 2.45) is 17.3 Å². The van der Waals surface area contributed by atoms with Crippen LogP contribution in [-0.4, -0.2) is 58.4 Å². The number of ether oxygens (including phenoxy) is 2. The lowest BCUT2D eigenvalue weighted by Crippen LogP contribution is -2.67. The molecule has 2 saturated heterocycles. The van der Waals surface area contributed by atoms with E-state index in [2.05, 4.69) is 28.5 Å². The van der Waals surface area contributed by atoms with Gasteiger partial charge >= 0.3 is 6.36 Å². The van der Waals surface area contributed by atoms with Gasteiger partial charge in [0.05, 0.1) is 18.9 Å². The van der Waals surface area contributed by atoms with Gasteiger partial charge in [0.25, 0.3) is 0 Å². The Bertz CT molecular complexity index is 1060. The molecule has 2 saturated carbocycles. The monoisotopic (exact) mass is 463 g/mol. The van der Waals surface area contributed by atoms with E-state index in [-0.39, 0.29) is 11.9 Å². The van der Waals surface area contributed by atoms with Crippen molar-refractivity contribution in [1.82, 2.24) is 19.7 Å². The minimum Gasteiger partial charge on any atom is -0.402 e. The molecule has 4 aliphatic rings. The number of aromatic nitrogens is 3. The fourth-order valence-corrected chi connectivity index (χ4v) is 6.21. The first-order chi connectivity index (χ1) is 15.6. The third-order valence-corrected chi connectivity index (χ3v) is 7.83. The molecule has 0 radical (unpaired) electrons. The van der Waals surface area contributed by atoms with Crippen molar-refractivity contribution >= 4 is 5.82 Å². The minimum atomic E-state index is -4.83. The molecule has 2 aromatic heterocycles. The summed E-state index contributed by atoms with van der Waals surface area (Å²) in [4.78, 5) is 6.52. The Morgan fingerprint density at radius 2 is 1.88 bits per heavy atom. The molecule has 0 aromatic carbocycles.